The van der Waals surface area contributed by atoms with Crippen molar-refractivity contribution in [2.45, 2.75) is 51.4 Å². The summed E-state index contributed by atoms with van der Waals surface area (Å²) in [6.45, 7) is 5.04. The minimum Gasteiger partial charge on any atom is -0.317 e. The van der Waals surface area contributed by atoms with Crippen molar-refractivity contribution in [3.8, 4) is 0 Å². The summed E-state index contributed by atoms with van der Waals surface area (Å²) in [5.74, 6) is -1.14. The third-order valence-corrected chi connectivity index (χ3v) is 3.73. The molecular formula is C12H23F3N2. The second-order valence-electron chi connectivity index (χ2n) is 5.15. The summed E-state index contributed by atoms with van der Waals surface area (Å²) in [7, 11) is 1.88. The normalized spacial score (nSPS) is 26.8. The van der Waals surface area contributed by atoms with Gasteiger partial charge in [-0.2, -0.15) is 13.2 Å². The van der Waals surface area contributed by atoms with Crippen molar-refractivity contribution in [1.82, 2.24) is 10.2 Å². The van der Waals surface area contributed by atoms with E-state index in [2.05, 4.69) is 12.2 Å². The number of nitrogens with zero attached hydrogens (tertiary/aromatic N) is 1. The highest BCUT2D eigenvalue weighted by Crippen LogP contribution is 2.33. The van der Waals surface area contributed by atoms with E-state index in [0.29, 0.717) is 12.5 Å². The zero-order valence-corrected chi connectivity index (χ0v) is 10.8. The summed E-state index contributed by atoms with van der Waals surface area (Å²) in [6.07, 6.45) is -2.20. The molecule has 0 bridgehead atoms. The Morgan fingerprint density at radius 3 is 2.53 bits per heavy atom. The summed E-state index contributed by atoms with van der Waals surface area (Å²) in [5.41, 5.74) is 0. The molecule has 1 fully saturated rings. The molecule has 5 heteroatoms. The van der Waals surface area contributed by atoms with Gasteiger partial charge < -0.3 is 5.32 Å². The van der Waals surface area contributed by atoms with E-state index in [4.69, 9.17) is 0 Å². The number of likely N-dealkylation sites (tertiary alicyclic amines) is 1. The Labute approximate surface area is 102 Å². The number of hydrogen-bond donors (Lipinski definition) is 1. The van der Waals surface area contributed by atoms with E-state index >= 15 is 0 Å². The highest BCUT2D eigenvalue weighted by Gasteiger charge is 2.42. The smallest absolute Gasteiger partial charge is 0.317 e. The van der Waals surface area contributed by atoms with Crippen molar-refractivity contribution in [2.75, 3.05) is 20.1 Å². The first kappa shape index (κ1) is 14.8. The van der Waals surface area contributed by atoms with Crippen molar-refractivity contribution in [3.05, 3.63) is 0 Å². The van der Waals surface area contributed by atoms with Crippen LogP contribution in [0, 0.1) is 5.92 Å². The van der Waals surface area contributed by atoms with Crippen LogP contribution in [0.4, 0.5) is 13.2 Å². The van der Waals surface area contributed by atoms with Crippen LogP contribution in [0.1, 0.15) is 33.1 Å². The molecule has 0 amide bonds. The highest BCUT2D eigenvalue weighted by molar-refractivity contribution is 4.82. The maximum absolute atomic E-state index is 12.7. The third kappa shape index (κ3) is 4.47. The monoisotopic (exact) mass is 252 g/mol. The van der Waals surface area contributed by atoms with Gasteiger partial charge in [0.1, 0.15) is 0 Å². The summed E-state index contributed by atoms with van der Waals surface area (Å²) >= 11 is 0. The van der Waals surface area contributed by atoms with Crippen molar-refractivity contribution in [2.24, 2.45) is 5.92 Å². The minimum absolute atomic E-state index is 0.168. The van der Waals surface area contributed by atoms with Gasteiger partial charge in [0.2, 0.25) is 0 Å². The molecule has 0 aromatic carbocycles. The Morgan fingerprint density at radius 2 is 2.00 bits per heavy atom. The standard InChI is InChI=1S/C12H23F3N2/c1-9(16-3)7-10(2)17-6-4-5-11(8-17)12(13,14)15/h9-11,16H,4-8H2,1-3H3. The molecule has 3 unspecified atom stereocenters. The quantitative estimate of drug-likeness (QED) is 0.827. The number of alkyl halides is 3. The van der Waals surface area contributed by atoms with Crippen LogP contribution in [0.5, 0.6) is 0 Å². The molecule has 1 heterocycles. The Morgan fingerprint density at radius 1 is 1.35 bits per heavy atom. The number of piperidine rings is 1. The lowest BCUT2D eigenvalue weighted by molar-refractivity contribution is -0.188. The van der Waals surface area contributed by atoms with Crippen LogP contribution in [0.3, 0.4) is 0 Å². The molecule has 2 nitrogen and oxygen atoms in total. The molecule has 102 valence electrons. The zero-order chi connectivity index (χ0) is 13.1. The Kier molecular flexibility index (Phi) is 5.25. The largest absolute Gasteiger partial charge is 0.393 e. The molecule has 0 spiro atoms. The lowest BCUT2D eigenvalue weighted by atomic mass is 9.95. The van der Waals surface area contributed by atoms with E-state index < -0.39 is 12.1 Å². The van der Waals surface area contributed by atoms with Gasteiger partial charge in [-0.05, 0) is 46.7 Å². The number of rotatable bonds is 4. The fraction of sp³-hybridized carbons (Fsp3) is 1.00. The van der Waals surface area contributed by atoms with Crippen molar-refractivity contribution in [3.63, 3.8) is 0 Å². The maximum Gasteiger partial charge on any atom is 0.393 e. The average molecular weight is 252 g/mol. The number of nitrogens with one attached hydrogen (secondary N) is 1. The molecule has 17 heavy (non-hydrogen) atoms. The van der Waals surface area contributed by atoms with Gasteiger partial charge in [0, 0.05) is 18.6 Å². The van der Waals surface area contributed by atoms with Crippen LogP contribution in [-0.4, -0.2) is 43.3 Å². The van der Waals surface area contributed by atoms with E-state index in [1.54, 1.807) is 0 Å². The first-order valence-electron chi connectivity index (χ1n) is 6.32. The lowest BCUT2D eigenvalue weighted by Crippen LogP contribution is -2.47. The third-order valence-electron chi connectivity index (χ3n) is 3.73. The maximum atomic E-state index is 12.7. The molecule has 0 radical (unpaired) electrons. The van der Waals surface area contributed by atoms with Gasteiger partial charge in [-0.15, -0.1) is 0 Å². The molecule has 1 aliphatic rings. The van der Waals surface area contributed by atoms with Gasteiger partial charge in [-0.3, -0.25) is 4.90 Å². The van der Waals surface area contributed by atoms with Crippen LogP contribution in [0.25, 0.3) is 0 Å². The molecule has 0 saturated carbocycles. The summed E-state index contributed by atoms with van der Waals surface area (Å²) in [5, 5.41) is 3.13. The predicted molar refractivity (Wildman–Crippen MR) is 63.0 cm³/mol. The average Bonchev–Trinajstić information content (AvgIpc) is 2.28. The predicted octanol–water partition coefficient (Wildman–Crippen LogP) is 2.65. The van der Waals surface area contributed by atoms with Crippen LogP contribution >= 0.6 is 0 Å². The summed E-state index contributed by atoms with van der Waals surface area (Å²) in [6, 6.07) is 0.555. The van der Waals surface area contributed by atoms with Gasteiger partial charge in [0.05, 0.1) is 5.92 Å². The zero-order valence-electron chi connectivity index (χ0n) is 10.8. The summed E-state index contributed by atoms with van der Waals surface area (Å²) in [4.78, 5) is 1.98. The minimum atomic E-state index is -4.03. The van der Waals surface area contributed by atoms with Gasteiger partial charge in [-0.25, -0.2) is 0 Å². The van der Waals surface area contributed by atoms with Crippen LogP contribution in [0.15, 0.2) is 0 Å². The summed E-state index contributed by atoms with van der Waals surface area (Å²) < 4.78 is 38.0. The molecule has 0 aromatic heterocycles. The Hall–Kier alpha value is -0.290. The van der Waals surface area contributed by atoms with E-state index in [-0.39, 0.29) is 19.0 Å². The molecular weight excluding hydrogens is 229 g/mol. The second kappa shape index (κ2) is 6.05. The topological polar surface area (TPSA) is 15.3 Å². The second-order valence-corrected chi connectivity index (χ2v) is 5.15. The Balaban J connectivity index is 2.49. The first-order chi connectivity index (χ1) is 7.84. The van der Waals surface area contributed by atoms with Gasteiger partial charge in [0.25, 0.3) is 0 Å². The molecule has 1 rings (SSSR count). The van der Waals surface area contributed by atoms with E-state index in [9.17, 15) is 13.2 Å². The van der Waals surface area contributed by atoms with Gasteiger partial charge in [0.15, 0.2) is 0 Å². The van der Waals surface area contributed by atoms with Crippen molar-refractivity contribution >= 4 is 0 Å². The molecule has 1 aliphatic heterocycles. The van der Waals surface area contributed by atoms with Crippen molar-refractivity contribution < 1.29 is 13.2 Å². The lowest BCUT2D eigenvalue weighted by Gasteiger charge is -2.38. The molecule has 1 N–H and O–H groups in total. The van der Waals surface area contributed by atoms with Gasteiger partial charge >= 0.3 is 6.18 Å². The molecule has 0 aromatic rings. The molecule has 0 aliphatic carbocycles. The van der Waals surface area contributed by atoms with Crippen molar-refractivity contribution in [1.29, 1.82) is 0 Å². The first-order valence-corrected chi connectivity index (χ1v) is 6.32. The fourth-order valence-electron chi connectivity index (χ4n) is 2.45. The molecule has 1 saturated heterocycles. The SMILES string of the molecule is CNC(C)CC(C)N1CCCC(C(F)(F)F)C1. The van der Waals surface area contributed by atoms with Crippen LogP contribution in [-0.2, 0) is 0 Å². The van der Waals surface area contributed by atoms with E-state index in [0.717, 1.165) is 13.0 Å². The van der Waals surface area contributed by atoms with Crippen LogP contribution in [0.2, 0.25) is 0 Å². The van der Waals surface area contributed by atoms with Crippen LogP contribution < -0.4 is 5.32 Å². The van der Waals surface area contributed by atoms with E-state index in [1.807, 2.05) is 18.9 Å². The van der Waals surface area contributed by atoms with Gasteiger partial charge in [-0.1, -0.05) is 0 Å². The number of hydrogen-bond acceptors (Lipinski definition) is 2. The van der Waals surface area contributed by atoms with E-state index in [1.165, 1.54) is 0 Å². The Bertz CT molecular complexity index is 230. The fourth-order valence-corrected chi connectivity index (χ4v) is 2.45. The molecule has 3 atom stereocenters. The number of halogens is 3. The highest BCUT2D eigenvalue weighted by atomic mass is 19.4.